The SMILES string of the molecule is CCN[C@H](C)CNC(=O)C(C)NC(=O)c1ccc(Cl)cc1. The molecule has 0 fully saturated rings. The lowest BCUT2D eigenvalue weighted by molar-refractivity contribution is -0.122. The Morgan fingerprint density at radius 3 is 2.38 bits per heavy atom. The summed E-state index contributed by atoms with van der Waals surface area (Å²) in [6.45, 7) is 7.02. The summed E-state index contributed by atoms with van der Waals surface area (Å²) in [5.41, 5.74) is 0.472. The first-order valence-corrected chi connectivity index (χ1v) is 7.39. The molecular formula is C15H22ClN3O2. The van der Waals surface area contributed by atoms with Gasteiger partial charge in [0, 0.05) is 23.2 Å². The third-order valence-corrected chi connectivity index (χ3v) is 3.23. The van der Waals surface area contributed by atoms with Gasteiger partial charge in [0.25, 0.3) is 5.91 Å². The zero-order valence-corrected chi connectivity index (χ0v) is 13.3. The second kappa shape index (κ2) is 8.64. The van der Waals surface area contributed by atoms with Crippen molar-refractivity contribution < 1.29 is 9.59 Å². The van der Waals surface area contributed by atoms with Crippen LogP contribution in [0.3, 0.4) is 0 Å². The molecular weight excluding hydrogens is 290 g/mol. The lowest BCUT2D eigenvalue weighted by atomic mass is 10.2. The Morgan fingerprint density at radius 1 is 1.19 bits per heavy atom. The van der Waals surface area contributed by atoms with Crippen molar-refractivity contribution in [2.24, 2.45) is 0 Å². The van der Waals surface area contributed by atoms with Crippen LogP contribution in [-0.4, -0.2) is 37.0 Å². The van der Waals surface area contributed by atoms with Gasteiger partial charge in [-0.05, 0) is 44.7 Å². The largest absolute Gasteiger partial charge is 0.353 e. The van der Waals surface area contributed by atoms with Crippen LogP contribution in [0.5, 0.6) is 0 Å². The van der Waals surface area contributed by atoms with Crippen molar-refractivity contribution >= 4 is 23.4 Å². The molecule has 0 radical (unpaired) electrons. The predicted octanol–water partition coefficient (Wildman–Crippen LogP) is 1.57. The topological polar surface area (TPSA) is 70.2 Å². The van der Waals surface area contributed by atoms with E-state index in [1.165, 1.54) is 0 Å². The van der Waals surface area contributed by atoms with Gasteiger partial charge in [-0.1, -0.05) is 18.5 Å². The molecule has 6 heteroatoms. The Labute approximate surface area is 130 Å². The Morgan fingerprint density at radius 2 is 1.81 bits per heavy atom. The van der Waals surface area contributed by atoms with Gasteiger partial charge in [0.15, 0.2) is 0 Å². The summed E-state index contributed by atoms with van der Waals surface area (Å²) in [6, 6.07) is 6.11. The van der Waals surface area contributed by atoms with E-state index < -0.39 is 6.04 Å². The van der Waals surface area contributed by atoms with E-state index >= 15 is 0 Å². The monoisotopic (exact) mass is 311 g/mol. The third kappa shape index (κ3) is 6.14. The number of likely N-dealkylation sites (N-methyl/N-ethyl adjacent to an activating group) is 1. The summed E-state index contributed by atoms with van der Waals surface area (Å²) in [6.07, 6.45) is 0. The molecule has 116 valence electrons. The second-order valence-electron chi connectivity index (χ2n) is 4.91. The summed E-state index contributed by atoms with van der Waals surface area (Å²) >= 11 is 5.77. The fourth-order valence-corrected chi connectivity index (χ4v) is 1.90. The maximum absolute atomic E-state index is 12.0. The highest BCUT2D eigenvalue weighted by Gasteiger charge is 2.16. The van der Waals surface area contributed by atoms with Crippen molar-refractivity contribution in [1.29, 1.82) is 0 Å². The van der Waals surface area contributed by atoms with E-state index in [0.29, 0.717) is 17.1 Å². The molecule has 5 nitrogen and oxygen atoms in total. The molecule has 0 aliphatic rings. The van der Waals surface area contributed by atoms with Crippen molar-refractivity contribution in [1.82, 2.24) is 16.0 Å². The van der Waals surface area contributed by atoms with Crippen LogP contribution in [-0.2, 0) is 4.79 Å². The number of halogens is 1. The normalized spacial score (nSPS) is 13.3. The molecule has 21 heavy (non-hydrogen) atoms. The molecule has 0 aliphatic carbocycles. The van der Waals surface area contributed by atoms with Gasteiger partial charge in [0.05, 0.1) is 0 Å². The van der Waals surface area contributed by atoms with Crippen LogP contribution in [0.15, 0.2) is 24.3 Å². The van der Waals surface area contributed by atoms with E-state index in [-0.39, 0.29) is 17.9 Å². The minimum atomic E-state index is -0.595. The van der Waals surface area contributed by atoms with Gasteiger partial charge in [0.1, 0.15) is 6.04 Å². The summed E-state index contributed by atoms with van der Waals surface area (Å²) in [5, 5.41) is 9.21. The Bertz CT molecular complexity index is 476. The lowest BCUT2D eigenvalue weighted by Crippen LogP contribution is -2.48. The molecule has 2 atom stereocenters. The van der Waals surface area contributed by atoms with Crippen LogP contribution in [0.1, 0.15) is 31.1 Å². The zero-order chi connectivity index (χ0) is 15.8. The fourth-order valence-electron chi connectivity index (χ4n) is 1.77. The van der Waals surface area contributed by atoms with Crippen molar-refractivity contribution in [2.45, 2.75) is 32.9 Å². The van der Waals surface area contributed by atoms with Crippen molar-refractivity contribution in [3.05, 3.63) is 34.9 Å². The third-order valence-electron chi connectivity index (χ3n) is 2.98. The maximum Gasteiger partial charge on any atom is 0.251 e. The van der Waals surface area contributed by atoms with Crippen molar-refractivity contribution in [3.8, 4) is 0 Å². The van der Waals surface area contributed by atoms with Crippen LogP contribution in [0.4, 0.5) is 0 Å². The van der Waals surface area contributed by atoms with E-state index in [1.807, 2.05) is 13.8 Å². The Kier molecular flexibility index (Phi) is 7.19. The first-order valence-electron chi connectivity index (χ1n) is 7.01. The van der Waals surface area contributed by atoms with Crippen LogP contribution < -0.4 is 16.0 Å². The van der Waals surface area contributed by atoms with Gasteiger partial charge >= 0.3 is 0 Å². The lowest BCUT2D eigenvalue weighted by Gasteiger charge is -2.17. The number of hydrogen-bond donors (Lipinski definition) is 3. The number of hydrogen-bond acceptors (Lipinski definition) is 3. The first kappa shape index (κ1) is 17.5. The standard InChI is InChI=1S/C15H22ClN3O2/c1-4-17-10(2)9-18-14(20)11(3)19-15(21)12-5-7-13(16)8-6-12/h5-8,10-11,17H,4,9H2,1-3H3,(H,18,20)(H,19,21)/t10-,11?/m1/s1. The van der Waals surface area contributed by atoms with Crippen LogP contribution >= 0.6 is 11.6 Å². The number of nitrogens with one attached hydrogen (secondary N) is 3. The van der Waals surface area contributed by atoms with E-state index in [1.54, 1.807) is 31.2 Å². The zero-order valence-electron chi connectivity index (χ0n) is 12.6. The maximum atomic E-state index is 12.0. The van der Waals surface area contributed by atoms with E-state index in [0.717, 1.165) is 6.54 Å². The molecule has 1 aromatic rings. The molecule has 0 saturated heterocycles. The molecule has 1 rings (SSSR count). The van der Waals surface area contributed by atoms with Crippen molar-refractivity contribution in [2.75, 3.05) is 13.1 Å². The van der Waals surface area contributed by atoms with Gasteiger partial charge in [-0.15, -0.1) is 0 Å². The summed E-state index contributed by atoms with van der Waals surface area (Å²) < 4.78 is 0. The highest BCUT2D eigenvalue weighted by atomic mass is 35.5. The predicted molar refractivity (Wildman–Crippen MR) is 84.5 cm³/mol. The molecule has 0 spiro atoms. The average molecular weight is 312 g/mol. The summed E-state index contributed by atoms with van der Waals surface area (Å²) in [4.78, 5) is 23.9. The number of carbonyl (C=O) groups excluding carboxylic acids is 2. The summed E-state index contributed by atoms with van der Waals surface area (Å²) in [7, 11) is 0. The average Bonchev–Trinajstić information content (AvgIpc) is 2.45. The fraction of sp³-hybridized carbons (Fsp3) is 0.467. The quantitative estimate of drug-likeness (QED) is 0.716. The van der Waals surface area contributed by atoms with Gasteiger partial charge < -0.3 is 16.0 Å². The van der Waals surface area contributed by atoms with Gasteiger partial charge in [-0.25, -0.2) is 0 Å². The Balaban J connectivity index is 2.44. The first-order chi connectivity index (χ1) is 9.93. The second-order valence-corrected chi connectivity index (χ2v) is 5.34. The molecule has 0 aliphatic heterocycles. The van der Waals surface area contributed by atoms with E-state index in [9.17, 15) is 9.59 Å². The smallest absolute Gasteiger partial charge is 0.251 e. The highest BCUT2D eigenvalue weighted by molar-refractivity contribution is 6.30. The number of benzene rings is 1. The van der Waals surface area contributed by atoms with Gasteiger partial charge in [-0.3, -0.25) is 9.59 Å². The van der Waals surface area contributed by atoms with Gasteiger partial charge in [-0.2, -0.15) is 0 Å². The Hall–Kier alpha value is -1.59. The van der Waals surface area contributed by atoms with Gasteiger partial charge in [0.2, 0.25) is 5.91 Å². The number of rotatable bonds is 7. The summed E-state index contributed by atoms with van der Waals surface area (Å²) in [5.74, 6) is -0.504. The van der Waals surface area contributed by atoms with Crippen LogP contribution in [0.2, 0.25) is 5.02 Å². The number of amides is 2. The highest BCUT2D eigenvalue weighted by Crippen LogP contribution is 2.09. The number of carbonyl (C=O) groups is 2. The molecule has 0 bridgehead atoms. The molecule has 1 unspecified atom stereocenters. The van der Waals surface area contributed by atoms with E-state index in [2.05, 4.69) is 16.0 Å². The molecule has 0 heterocycles. The van der Waals surface area contributed by atoms with E-state index in [4.69, 9.17) is 11.6 Å². The van der Waals surface area contributed by atoms with Crippen LogP contribution in [0.25, 0.3) is 0 Å². The molecule has 2 amide bonds. The molecule has 3 N–H and O–H groups in total. The molecule has 1 aromatic carbocycles. The minimum Gasteiger partial charge on any atom is -0.353 e. The minimum absolute atomic E-state index is 0.193. The van der Waals surface area contributed by atoms with Crippen LogP contribution in [0, 0.1) is 0 Å². The molecule has 0 saturated carbocycles. The van der Waals surface area contributed by atoms with Crippen molar-refractivity contribution in [3.63, 3.8) is 0 Å². The molecule has 0 aromatic heterocycles.